The molecule has 4 heterocycles. The molecule has 462 valence electrons. The molecule has 12 rings (SSSR count). The molecular formula is C73H68F2N6O9Si. The second-order valence-electron chi connectivity index (χ2n) is 23.6. The maximum atomic E-state index is 14.3. The molecule has 4 amide bonds. The number of pyridine rings is 2. The lowest BCUT2D eigenvalue weighted by Gasteiger charge is -2.25. The Morgan fingerprint density at radius 1 is 0.549 bits per heavy atom. The number of fused-ring (bicyclic) bond motifs is 4. The van der Waals surface area contributed by atoms with Crippen molar-refractivity contribution in [3.63, 3.8) is 0 Å². The number of hydrogen-bond acceptors (Lipinski definition) is 11. The molecule has 0 atom stereocenters. The summed E-state index contributed by atoms with van der Waals surface area (Å²) in [6, 6.07) is 59.3. The van der Waals surface area contributed by atoms with E-state index in [2.05, 4.69) is 30.1 Å². The number of carbonyl (C=O) groups excluding carboxylic acids is 4. The van der Waals surface area contributed by atoms with Gasteiger partial charge in [-0.25, -0.2) is 28.8 Å². The van der Waals surface area contributed by atoms with E-state index in [0.717, 1.165) is 49.8 Å². The number of methoxy groups -OCH3 is 1. The van der Waals surface area contributed by atoms with Gasteiger partial charge in [-0.1, -0.05) is 165 Å². The van der Waals surface area contributed by atoms with E-state index >= 15 is 0 Å². The lowest BCUT2D eigenvalue weighted by molar-refractivity contribution is 0.0754. The first-order chi connectivity index (χ1) is 44.0. The van der Waals surface area contributed by atoms with Crippen LogP contribution in [0.15, 0.2) is 207 Å². The molecule has 0 radical (unpaired) electrons. The number of carbonyl (C=O) groups is 4. The summed E-state index contributed by atoms with van der Waals surface area (Å²) in [6.07, 6.45) is 0.467. The number of aromatic nitrogens is 2. The maximum Gasteiger partial charge on any atom is 0.431 e. The van der Waals surface area contributed by atoms with E-state index in [9.17, 15) is 28.0 Å². The first kappa shape index (κ1) is 62.2. The molecule has 10 aromatic rings. The molecule has 2 aromatic heterocycles. The smallest absolute Gasteiger partial charge is 0.431 e. The van der Waals surface area contributed by atoms with E-state index < -0.39 is 38.5 Å². The average Bonchev–Trinajstić information content (AvgIpc) is 1.67. The summed E-state index contributed by atoms with van der Waals surface area (Å²) in [4.78, 5) is 67.0. The normalized spacial score (nSPS) is 12.6. The van der Waals surface area contributed by atoms with E-state index in [1.54, 1.807) is 72.4 Å². The SMILES string of the molecule is COC(=O)N(NC(=O)Oc1c2c(c(OC(c3ccccc3)c3ccccc3)c3ncccc13)C(=O)N(Cc1ccc(F)cc1)C2)C(C)C.C[Si](C)(C)CCOc1c2c(c(OC(c3ccccc3)c3ccccc3)c3ncccc13)C(=O)N(Cc1ccc(F)cc1)C2. The molecule has 0 fully saturated rings. The molecule has 0 bridgehead atoms. The topological polar surface area (TPSA) is 162 Å². The van der Waals surface area contributed by atoms with Gasteiger partial charge in [0.1, 0.15) is 46.4 Å². The van der Waals surface area contributed by atoms with Crippen LogP contribution in [0.5, 0.6) is 23.0 Å². The summed E-state index contributed by atoms with van der Waals surface area (Å²) < 4.78 is 58.4. The average molecular weight is 1240 g/mol. The van der Waals surface area contributed by atoms with Crippen molar-refractivity contribution in [3.05, 3.63) is 274 Å². The van der Waals surface area contributed by atoms with Crippen molar-refractivity contribution in [2.75, 3.05) is 13.7 Å². The number of hydrazine groups is 1. The van der Waals surface area contributed by atoms with Gasteiger partial charge in [-0.05, 0) is 102 Å². The van der Waals surface area contributed by atoms with Crippen molar-refractivity contribution in [2.24, 2.45) is 0 Å². The number of halogens is 2. The van der Waals surface area contributed by atoms with Crippen molar-refractivity contribution in [2.45, 2.75) is 84.0 Å². The quantitative estimate of drug-likeness (QED) is 0.0643. The van der Waals surface area contributed by atoms with Crippen molar-refractivity contribution >= 4 is 53.9 Å². The highest BCUT2D eigenvalue weighted by atomic mass is 28.3. The maximum absolute atomic E-state index is 14.3. The molecule has 8 aromatic carbocycles. The summed E-state index contributed by atoms with van der Waals surface area (Å²) in [5.41, 5.74) is 10.4. The summed E-state index contributed by atoms with van der Waals surface area (Å²) in [7, 11) is -0.164. The highest BCUT2D eigenvalue weighted by Gasteiger charge is 2.40. The standard InChI is InChI=1S/C37H33FN4O6.C36H35FN2O3Si/c1-23(2)42(37(45)46-3)40-36(44)48-33-28-15-10-20-39-31(28)34(47-32(25-11-6-4-7-12-25)26-13-8-5-9-14-26)30-29(33)22-41(35(30)43)21-24-16-18-27(38)19-17-24;1-43(2,3)22-21-41-34-29-15-10-20-38-32(29)35(42-33(26-11-6-4-7-12-26)27-13-8-5-9-14-27)31-30(34)24-39(36(31)40)23-25-16-18-28(37)19-17-25/h4-20,23,32H,21-22H2,1-3H3,(H,40,44);4-20,33H,21-24H2,1-3H3. The fourth-order valence-electron chi connectivity index (χ4n) is 11.1. The van der Waals surface area contributed by atoms with Gasteiger partial charge in [-0.15, -0.1) is 0 Å². The summed E-state index contributed by atoms with van der Waals surface area (Å²) >= 11 is 0. The molecule has 18 heteroatoms. The second kappa shape index (κ2) is 27.5. The van der Waals surface area contributed by atoms with Crippen LogP contribution in [0.25, 0.3) is 21.8 Å². The van der Waals surface area contributed by atoms with Crippen molar-refractivity contribution in [1.82, 2.24) is 30.2 Å². The third kappa shape index (κ3) is 14.0. The Balaban J connectivity index is 0.000000188. The number of rotatable bonds is 18. The molecule has 0 unspecified atom stereocenters. The highest BCUT2D eigenvalue weighted by molar-refractivity contribution is 6.76. The fourth-order valence-corrected chi connectivity index (χ4v) is 11.9. The van der Waals surface area contributed by atoms with Gasteiger partial charge in [0.15, 0.2) is 11.5 Å². The molecule has 0 saturated heterocycles. The Morgan fingerprint density at radius 3 is 1.33 bits per heavy atom. The van der Waals surface area contributed by atoms with Crippen LogP contribution >= 0.6 is 0 Å². The highest BCUT2D eigenvalue weighted by Crippen LogP contribution is 2.49. The molecule has 0 spiro atoms. The van der Waals surface area contributed by atoms with E-state index in [1.165, 1.54) is 31.4 Å². The molecule has 15 nitrogen and oxygen atoms in total. The predicted molar refractivity (Wildman–Crippen MR) is 346 cm³/mol. The van der Waals surface area contributed by atoms with Crippen LogP contribution in [0.4, 0.5) is 18.4 Å². The van der Waals surface area contributed by atoms with Crippen LogP contribution in [-0.4, -0.2) is 76.6 Å². The summed E-state index contributed by atoms with van der Waals surface area (Å²) in [6.45, 7) is 11.8. The molecule has 2 aliphatic heterocycles. The lowest BCUT2D eigenvalue weighted by Crippen LogP contribution is -2.50. The minimum atomic E-state index is -1.37. The zero-order chi connectivity index (χ0) is 63.8. The zero-order valence-electron chi connectivity index (χ0n) is 51.3. The molecule has 0 aliphatic carbocycles. The molecule has 2 aliphatic rings. The van der Waals surface area contributed by atoms with Gasteiger partial charge < -0.3 is 33.5 Å². The van der Waals surface area contributed by atoms with Crippen LogP contribution in [-0.2, 0) is 30.9 Å². The van der Waals surface area contributed by atoms with Crippen molar-refractivity contribution in [3.8, 4) is 23.0 Å². The number of amides is 4. The first-order valence-electron chi connectivity index (χ1n) is 30.0. The Bertz CT molecular complexity index is 4160. The van der Waals surface area contributed by atoms with Gasteiger partial charge in [0.25, 0.3) is 11.8 Å². The van der Waals surface area contributed by atoms with Crippen LogP contribution in [0.1, 0.15) is 91.3 Å². The van der Waals surface area contributed by atoms with Gasteiger partial charge in [0.2, 0.25) is 0 Å². The molecule has 0 saturated carbocycles. The Hall–Kier alpha value is -10.5. The van der Waals surface area contributed by atoms with Crippen LogP contribution < -0.4 is 24.4 Å². The Morgan fingerprint density at radius 2 is 0.945 bits per heavy atom. The third-order valence-electron chi connectivity index (χ3n) is 15.7. The lowest BCUT2D eigenvalue weighted by atomic mass is 9.99. The molecule has 91 heavy (non-hydrogen) atoms. The number of nitrogens with one attached hydrogen (secondary N) is 1. The number of hydrogen-bond donors (Lipinski definition) is 1. The van der Waals surface area contributed by atoms with Crippen LogP contribution in [0.3, 0.4) is 0 Å². The van der Waals surface area contributed by atoms with Gasteiger partial charge in [0.05, 0.1) is 44.0 Å². The largest absolute Gasteiger partial charge is 0.493 e. The van der Waals surface area contributed by atoms with Crippen molar-refractivity contribution in [1.29, 1.82) is 0 Å². The number of nitrogens with zero attached hydrogens (tertiary/aromatic N) is 5. The Labute approximate surface area is 527 Å². The fraction of sp³-hybridized carbons (Fsp3) is 0.205. The Kier molecular flexibility index (Phi) is 18.8. The van der Waals surface area contributed by atoms with Gasteiger partial charge >= 0.3 is 12.2 Å². The third-order valence-corrected chi connectivity index (χ3v) is 17.4. The van der Waals surface area contributed by atoms with E-state index in [1.807, 2.05) is 133 Å². The predicted octanol–water partition coefficient (Wildman–Crippen LogP) is 15.6. The first-order valence-corrected chi connectivity index (χ1v) is 33.7. The second-order valence-corrected chi connectivity index (χ2v) is 29.3. The van der Waals surface area contributed by atoms with E-state index in [4.69, 9.17) is 28.7 Å². The van der Waals surface area contributed by atoms with Crippen LogP contribution in [0.2, 0.25) is 25.7 Å². The zero-order valence-corrected chi connectivity index (χ0v) is 52.3. The number of ether oxygens (including phenoxy) is 5. The monoisotopic (exact) mass is 1240 g/mol. The van der Waals surface area contributed by atoms with Crippen molar-refractivity contribution < 1.29 is 51.6 Å². The summed E-state index contributed by atoms with van der Waals surface area (Å²) in [5, 5.41) is 2.24. The van der Waals surface area contributed by atoms with Crippen LogP contribution in [0, 0.1) is 11.6 Å². The van der Waals surface area contributed by atoms with Gasteiger partial charge in [-0.3, -0.25) is 19.6 Å². The summed E-state index contributed by atoms with van der Waals surface area (Å²) in [5.74, 6) is 0.242. The number of benzene rings is 8. The minimum absolute atomic E-state index is 0.0571. The molecular weight excluding hydrogens is 1170 g/mol. The minimum Gasteiger partial charge on any atom is -0.493 e. The van der Waals surface area contributed by atoms with E-state index in [0.29, 0.717) is 64.3 Å². The van der Waals surface area contributed by atoms with E-state index in [-0.39, 0.29) is 53.6 Å². The van der Waals surface area contributed by atoms with Gasteiger partial charge in [0, 0.05) is 55.5 Å². The molecule has 1 N–H and O–H groups in total. The van der Waals surface area contributed by atoms with Gasteiger partial charge in [-0.2, -0.15) is 0 Å².